The van der Waals surface area contributed by atoms with E-state index in [9.17, 15) is 19.5 Å². The number of nitrogens with zero attached hydrogens (tertiary/aromatic N) is 4. The van der Waals surface area contributed by atoms with Crippen LogP contribution in [0.15, 0.2) is 52.6 Å². The largest absolute Gasteiger partial charge is 0.505 e. The Bertz CT molecular complexity index is 1420. The normalized spacial score (nSPS) is 18.0. The lowest BCUT2D eigenvalue weighted by Crippen LogP contribution is -2.49. The summed E-state index contributed by atoms with van der Waals surface area (Å²) in [5.74, 6) is -1.61. The third kappa shape index (κ3) is 6.55. The van der Waals surface area contributed by atoms with Gasteiger partial charge in [-0.3, -0.25) is 29.6 Å². The fraction of sp³-hybridized carbons (Fsp3) is 0.438. The standard InChI is InChI=1S/C32H41N5O5/c1-6-35(7-2)18-26-22(5)29(32(42)37(31(26)41)24-12-11-20(3)21(4)17-24)34-33-27-10-8-9-25(30(27)40)23-13-15-36(16-14-23)19-28(38)39/h8-12,17,23,33,40H,6-7,13-16,18-19H2,1-5H3,(H,38,39)/b34-29+. The molecule has 2 aliphatic heterocycles. The van der Waals surface area contributed by atoms with Crippen LogP contribution in [0.4, 0.5) is 11.4 Å². The first-order valence-electron chi connectivity index (χ1n) is 14.5. The molecule has 224 valence electrons. The summed E-state index contributed by atoms with van der Waals surface area (Å²) in [6, 6.07) is 10.9. The molecule has 10 heteroatoms. The molecule has 0 atom stereocenters. The summed E-state index contributed by atoms with van der Waals surface area (Å²) in [6.45, 7) is 12.9. The lowest BCUT2D eigenvalue weighted by molar-refractivity contribution is -0.138. The van der Waals surface area contributed by atoms with E-state index in [4.69, 9.17) is 5.11 Å². The van der Waals surface area contributed by atoms with Crippen molar-refractivity contribution >= 4 is 34.9 Å². The summed E-state index contributed by atoms with van der Waals surface area (Å²) in [7, 11) is 0. The van der Waals surface area contributed by atoms with Crippen LogP contribution in [0.1, 0.15) is 56.2 Å². The first-order chi connectivity index (χ1) is 20.0. The molecule has 2 heterocycles. The first-order valence-corrected chi connectivity index (χ1v) is 14.5. The second-order valence-electron chi connectivity index (χ2n) is 11.0. The van der Waals surface area contributed by atoms with Gasteiger partial charge in [0.2, 0.25) is 0 Å². The predicted molar refractivity (Wildman–Crippen MR) is 164 cm³/mol. The van der Waals surface area contributed by atoms with Gasteiger partial charge in [0.15, 0.2) is 5.71 Å². The van der Waals surface area contributed by atoms with Gasteiger partial charge in [0.1, 0.15) is 5.75 Å². The van der Waals surface area contributed by atoms with E-state index in [1.165, 1.54) is 4.90 Å². The van der Waals surface area contributed by atoms with Gasteiger partial charge >= 0.3 is 5.97 Å². The fourth-order valence-corrected chi connectivity index (χ4v) is 5.58. The average molecular weight is 576 g/mol. The Kier molecular flexibility index (Phi) is 9.80. The minimum atomic E-state index is -0.846. The van der Waals surface area contributed by atoms with E-state index in [1.54, 1.807) is 19.1 Å². The maximum absolute atomic E-state index is 13.8. The number of anilines is 2. The van der Waals surface area contributed by atoms with Crippen molar-refractivity contribution in [3.8, 4) is 5.75 Å². The van der Waals surface area contributed by atoms with Crippen molar-refractivity contribution in [2.24, 2.45) is 5.10 Å². The van der Waals surface area contributed by atoms with Gasteiger partial charge in [-0.2, -0.15) is 5.10 Å². The number of aliphatic carboxylic acids is 1. The minimum Gasteiger partial charge on any atom is -0.505 e. The molecular formula is C32H41N5O5. The number of carbonyl (C=O) groups is 3. The average Bonchev–Trinajstić information content (AvgIpc) is 2.96. The topological polar surface area (TPSA) is 126 Å². The van der Waals surface area contributed by atoms with Crippen LogP contribution in [0, 0.1) is 13.8 Å². The number of hydrogen-bond donors (Lipinski definition) is 3. The number of amides is 2. The lowest BCUT2D eigenvalue weighted by atomic mass is 9.88. The zero-order chi connectivity index (χ0) is 30.6. The molecular weight excluding hydrogens is 534 g/mol. The van der Waals surface area contributed by atoms with Crippen molar-refractivity contribution in [2.75, 3.05) is 49.6 Å². The highest BCUT2D eigenvalue weighted by Gasteiger charge is 2.38. The van der Waals surface area contributed by atoms with Gasteiger partial charge in [-0.1, -0.05) is 32.0 Å². The quantitative estimate of drug-likeness (QED) is 0.218. The number of likely N-dealkylation sites (tertiary alicyclic amines) is 1. The maximum atomic E-state index is 13.8. The highest BCUT2D eigenvalue weighted by Crippen LogP contribution is 2.38. The minimum absolute atomic E-state index is 0.0105. The van der Waals surface area contributed by atoms with E-state index in [0.29, 0.717) is 42.2 Å². The van der Waals surface area contributed by atoms with Crippen LogP contribution in [-0.2, 0) is 14.4 Å². The van der Waals surface area contributed by atoms with Gasteiger partial charge in [0, 0.05) is 12.1 Å². The number of nitrogens with one attached hydrogen (secondary N) is 1. The zero-order valence-electron chi connectivity index (χ0n) is 25.1. The third-order valence-corrected chi connectivity index (χ3v) is 8.44. The van der Waals surface area contributed by atoms with Crippen molar-refractivity contribution < 1.29 is 24.6 Å². The van der Waals surface area contributed by atoms with Crippen LogP contribution in [0.2, 0.25) is 0 Å². The number of imide groups is 1. The van der Waals surface area contributed by atoms with E-state index < -0.39 is 11.9 Å². The van der Waals surface area contributed by atoms with Crippen LogP contribution >= 0.6 is 0 Å². The molecule has 0 aliphatic carbocycles. The van der Waals surface area contributed by atoms with Crippen LogP contribution in [-0.4, -0.2) is 82.8 Å². The molecule has 0 unspecified atom stereocenters. The molecule has 2 amide bonds. The monoisotopic (exact) mass is 575 g/mol. The molecule has 0 radical (unpaired) electrons. The number of phenolic OH excluding ortho intramolecular Hbond substituents is 1. The summed E-state index contributed by atoms with van der Waals surface area (Å²) in [5, 5.41) is 24.7. The highest BCUT2D eigenvalue weighted by atomic mass is 16.4. The Morgan fingerprint density at radius 1 is 1.02 bits per heavy atom. The molecule has 2 aromatic rings. The number of carbonyl (C=O) groups excluding carboxylic acids is 2. The van der Waals surface area contributed by atoms with Crippen LogP contribution < -0.4 is 10.3 Å². The van der Waals surface area contributed by atoms with Gasteiger partial charge in [-0.15, -0.1) is 0 Å². The molecule has 0 spiro atoms. The fourth-order valence-electron chi connectivity index (χ4n) is 5.58. The van der Waals surface area contributed by atoms with Gasteiger partial charge in [-0.05, 0) is 106 Å². The number of phenols is 1. The van der Waals surface area contributed by atoms with E-state index >= 15 is 0 Å². The number of aryl methyl sites for hydroxylation is 2. The van der Waals surface area contributed by atoms with Gasteiger partial charge in [0.25, 0.3) is 11.8 Å². The number of piperidine rings is 1. The molecule has 2 aromatic carbocycles. The molecule has 0 aromatic heterocycles. The molecule has 1 saturated heterocycles. The van der Waals surface area contributed by atoms with Gasteiger partial charge in [-0.25, -0.2) is 4.90 Å². The van der Waals surface area contributed by atoms with Crippen LogP contribution in [0.3, 0.4) is 0 Å². The summed E-state index contributed by atoms with van der Waals surface area (Å²) >= 11 is 0. The number of hydrogen-bond acceptors (Lipinski definition) is 8. The molecule has 2 aliphatic rings. The number of benzene rings is 2. The number of aromatic hydroxyl groups is 1. The highest BCUT2D eigenvalue weighted by molar-refractivity contribution is 6.57. The zero-order valence-corrected chi connectivity index (χ0v) is 25.1. The number of likely N-dealkylation sites (N-methyl/N-ethyl adjacent to an activating group) is 1. The Labute approximate surface area is 247 Å². The third-order valence-electron chi connectivity index (χ3n) is 8.44. The van der Waals surface area contributed by atoms with Crippen molar-refractivity contribution in [1.82, 2.24) is 9.80 Å². The summed E-state index contributed by atoms with van der Waals surface area (Å²) in [6.07, 6.45) is 1.45. The molecule has 4 rings (SSSR count). The molecule has 1 fully saturated rings. The molecule has 10 nitrogen and oxygen atoms in total. The summed E-state index contributed by atoms with van der Waals surface area (Å²) < 4.78 is 0. The molecule has 3 N–H and O–H groups in total. The number of carboxylic acids is 1. The van der Waals surface area contributed by atoms with Crippen molar-refractivity contribution in [2.45, 2.75) is 53.4 Å². The van der Waals surface area contributed by atoms with Gasteiger partial charge < -0.3 is 10.2 Å². The Morgan fingerprint density at radius 3 is 2.33 bits per heavy atom. The Balaban J connectivity index is 1.66. The van der Waals surface area contributed by atoms with Crippen molar-refractivity contribution in [3.05, 3.63) is 64.2 Å². The van der Waals surface area contributed by atoms with Crippen LogP contribution in [0.5, 0.6) is 5.75 Å². The van der Waals surface area contributed by atoms with E-state index in [0.717, 1.165) is 42.6 Å². The summed E-state index contributed by atoms with van der Waals surface area (Å²) in [5.41, 5.74) is 7.66. The molecule has 0 bridgehead atoms. The summed E-state index contributed by atoms with van der Waals surface area (Å²) in [4.78, 5) is 43.8. The van der Waals surface area contributed by atoms with E-state index in [1.807, 2.05) is 56.9 Å². The lowest BCUT2D eigenvalue weighted by Gasteiger charge is -2.32. The van der Waals surface area contributed by atoms with E-state index in [-0.39, 0.29) is 29.8 Å². The number of rotatable bonds is 10. The second-order valence-corrected chi connectivity index (χ2v) is 11.0. The van der Waals surface area contributed by atoms with Crippen molar-refractivity contribution in [3.63, 3.8) is 0 Å². The second kappa shape index (κ2) is 13.3. The predicted octanol–water partition coefficient (Wildman–Crippen LogP) is 4.27. The first kappa shape index (κ1) is 30.9. The Hall–Kier alpha value is -4.02. The smallest absolute Gasteiger partial charge is 0.317 e. The van der Waals surface area contributed by atoms with Gasteiger partial charge in [0.05, 0.1) is 17.9 Å². The number of para-hydroxylation sites is 1. The Morgan fingerprint density at radius 2 is 1.71 bits per heavy atom. The number of carboxylic acid groups (broad SMARTS) is 1. The maximum Gasteiger partial charge on any atom is 0.317 e. The number of hydrazone groups is 1. The molecule has 0 saturated carbocycles. The molecule has 42 heavy (non-hydrogen) atoms. The SMILES string of the molecule is CCN(CC)CC1=C(C)/C(=N\Nc2cccc(C3CCN(CC(=O)O)CC3)c2O)C(=O)N(c2ccc(C)c(C)c2)C1=O. The van der Waals surface area contributed by atoms with E-state index in [2.05, 4.69) is 15.4 Å². The van der Waals surface area contributed by atoms with Crippen LogP contribution in [0.25, 0.3) is 0 Å². The van der Waals surface area contributed by atoms with Crippen molar-refractivity contribution in [1.29, 1.82) is 0 Å².